The molecule has 2 aromatic rings. The van der Waals surface area contributed by atoms with E-state index in [0.717, 1.165) is 11.1 Å². The van der Waals surface area contributed by atoms with Crippen LogP contribution in [0.1, 0.15) is 22.8 Å². The van der Waals surface area contributed by atoms with Crippen LogP contribution in [0.4, 0.5) is 4.79 Å². The molecule has 2 aromatic carbocycles. The Morgan fingerprint density at radius 3 is 2.43 bits per heavy atom. The van der Waals surface area contributed by atoms with Crippen molar-refractivity contribution in [1.29, 1.82) is 0 Å². The fourth-order valence-corrected chi connectivity index (χ4v) is 1.79. The fraction of sp³-hybridized carbons (Fsp3) is 0.118. The zero-order valence-electron chi connectivity index (χ0n) is 11.3. The summed E-state index contributed by atoms with van der Waals surface area (Å²) in [5.74, 6) is 6.06. The van der Waals surface area contributed by atoms with Gasteiger partial charge < -0.3 is 15.5 Å². The lowest BCUT2D eigenvalue weighted by molar-refractivity contribution is 0.159. The zero-order chi connectivity index (χ0) is 15.1. The Labute approximate surface area is 123 Å². The van der Waals surface area contributed by atoms with E-state index in [0.29, 0.717) is 5.56 Å². The lowest BCUT2D eigenvalue weighted by atomic mass is 10.1. The Morgan fingerprint density at radius 1 is 1.05 bits per heavy atom. The van der Waals surface area contributed by atoms with Gasteiger partial charge in [-0.1, -0.05) is 42.2 Å². The van der Waals surface area contributed by atoms with Crippen LogP contribution in [0, 0.1) is 11.8 Å². The van der Waals surface area contributed by atoms with Gasteiger partial charge in [-0.2, -0.15) is 0 Å². The number of rotatable bonds is 3. The van der Waals surface area contributed by atoms with Crippen molar-refractivity contribution in [1.82, 2.24) is 5.32 Å². The van der Waals surface area contributed by atoms with E-state index in [-0.39, 0.29) is 6.54 Å². The smallest absolute Gasteiger partial charge is 0.404 e. The Balaban J connectivity index is 2.11. The van der Waals surface area contributed by atoms with Crippen molar-refractivity contribution in [3.63, 3.8) is 0 Å². The minimum atomic E-state index is -1.16. The molecule has 2 rings (SSSR count). The highest BCUT2D eigenvalue weighted by Crippen LogP contribution is 2.13. The molecule has 0 saturated carbocycles. The third kappa shape index (κ3) is 4.68. The first-order valence-electron chi connectivity index (χ1n) is 6.47. The number of amides is 1. The van der Waals surface area contributed by atoms with Crippen LogP contribution in [0.25, 0.3) is 0 Å². The maximum absolute atomic E-state index is 10.4. The Morgan fingerprint density at radius 2 is 1.71 bits per heavy atom. The molecule has 0 aliphatic carbocycles. The second-order valence-electron chi connectivity index (χ2n) is 4.44. The predicted molar refractivity (Wildman–Crippen MR) is 79.9 cm³/mol. The highest BCUT2D eigenvalue weighted by atomic mass is 16.4. The minimum absolute atomic E-state index is 0.0507. The highest BCUT2D eigenvalue weighted by molar-refractivity contribution is 5.64. The molecular formula is C17H15NO3. The van der Waals surface area contributed by atoms with Crippen LogP contribution in [0.3, 0.4) is 0 Å². The number of benzene rings is 2. The topological polar surface area (TPSA) is 69.6 Å². The molecule has 4 nitrogen and oxygen atoms in total. The Hall–Kier alpha value is -2.77. The van der Waals surface area contributed by atoms with Crippen molar-refractivity contribution in [3.05, 3.63) is 71.3 Å². The van der Waals surface area contributed by atoms with E-state index in [1.165, 1.54) is 0 Å². The second kappa shape index (κ2) is 7.13. The summed E-state index contributed by atoms with van der Waals surface area (Å²) in [6.45, 7) is -0.0507. The Kier molecular flexibility index (Phi) is 4.97. The largest absolute Gasteiger partial charge is 0.465 e. The third-order valence-corrected chi connectivity index (χ3v) is 2.84. The van der Waals surface area contributed by atoms with Crippen LogP contribution in [-0.2, 0) is 0 Å². The first-order chi connectivity index (χ1) is 10.1. The molecule has 0 heterocycles. The summed E-state index contributed by atoms with van der Waals surface area (Å²) < 4.78 is 0. The van der Waals surface area contributed by atoms with Crippen LogP contribution in [0.2, 0.25) is 0 Å². The molecule has 106 valence electrons. The van der Waals surface area contributed by atoms with Crippen molar-refractivity contribution in [2.75, 3.05) is 6.54 Å². The van der Waals surface area contributed by atoms with Gasteiger partial charge in [-0.15, -0.1) is 0 Å². The summed E-state index contributed by atoms with van der Waals surface area (Å²) in [4.78, 5) is 10.4. The van der Waals surface area contributed by atoms with Gasteiger partial charge in [0.2, 0.25) is 0 Å². The van der Waals surface area contributed by atoms with Crippen molar-refractivity contribution in [2.24, 2.45) is 0 Å². The van der Waals surface area contributed by atoms with Gasteiger partial charge in [0.1, 0.15) is 0 Å². The molecule has 21 heavy (non-hydrogen) atoms. The molecule has 0 radical (unpaired) electrons. The molecule has 3 N–H and O–H groups in total. The molecule has 0 spiro atoms. The van der Waals surface area contributed by atoms with Crippen LogP contribution < -0.4 is 5.32 Å². The Bertz CT molecular complexity index is 671. The van der Waals surface area contributed by atoms with Gasteiger partial charge in [-0.05, 0) is 29.8 Å². The SMILES string of the molecule is O=C(O)NCC(O)c1cccc(C#Cc2ccccc2)c1. The van der Waals surface area contributed by atoms with Crippen molar-refractivity contribution in [2.45, 2.75) is 6.10 Å². The van der Waals surface area contributed by atoms with E-state index in [2.05, 4.69) is 17.2 Å². The molecule has 0 aliphatic rings. The molecule has 0 bridgehead atoms. The van der Waals surface area contributed by atoms with Crippen LogP contribution in [0.5, 0.6) is 0 Å². The quantitative estimate of drug-likeness (QED) is 0.757. The highest BCUT2D eigenvalue weighted by Gasteiger charge is 2.08. The lowest BCUT2D eigenvalue weighted by Crippen LogP contribution is -2.26. The van der Waals surface area contributed by atoms with E-state index < -0.39 is 12.2 Å². The molecule has 1 amide bonds. The minimum Gasteiger partial charge on any atom is -0.465 e. The van der Waals surface area contributed by atoms with Gasteiger partial charge in [-0.25, -0.2) is 4.79 Å². The number of aliphatic hydroxyl groups excluding tert-OH is 1. The summed E-state index contributed by atoms with van der Waals surface area (Å²) in [5, 5.41) is 20.6. The predicted octanol–water partition coefficient (Wildman–Crippen LogP) is 2.39. The number of hydrogen-bond donors (Lipinski definition) is 3. The average Bonchev–Trinajstić information content (AvgIpc) is 2.52. The zero-order valence-corrected chi connectivity index (χ0v) is 11.3. The molecule has 0 saturated heterocycles. The molecule has 4 heteroatoms. The van der Waals surface area contributed by atoms with E-state index >= 15 is 0 Å². The van der Waals surface area contributed by atoms with Gasteiger partial charge in [0.15, 0.2) is 0 Å². The van der Waals surface area contributed by atoms with Gasteiger partial charge in [0, 0.05) is 11.1 Å². The summed E-state index contributed by atoms with van der Waals surface area (Å²) >= 11 is 0. The van der Waals surface area contributed by atoms with Gasteiger partial charge in [0.05, 0.1) is 12.6 Å². The lowest BCUT2D eigenvalue weighted by Gasteiger charge is -2.10. The summed E-state index contributed by atoms with van der Waals surface area (Å²) in [7, 11) is 0. The third-order valence-electron chi connectivity index (χ3n) is 2.84. The molecular weight excluding hydrogens is 266 g/mol. The standard InChI is InChI=1S/C17H15NO3/c19-16(12-18-17(20)21)15-8-4-7-14(11-15)10-9-13-5-2-1-3-6-13/h1-8,11,16,18-19H,12H2,(H,20,21). The van der Waals surface area contributed by atoms with Crippen LogP contribution in [-0.4, -0.2) is 22.9 Å². The van der Waals surface area contributed by atoms with Crippen LogP contribution in [0.15, 0.2) is 54.6 Å². The molecule has 0 aromatic heterocycles. The first kappa shape index (κ1) is 14.6. The second-order valence-corrected chi connectivity index (χ2v) is 4.44. The van der Waals surface area contributed by atoms with Gasteiger partial charge >= 0.3 is 6.09 Å². The maximum atomic E-state index is 10.4. The van der Waals surface area contributed by atoms with E-state index in [1.807, 2.05) is 36.4 Å². The summed E-state index contributed by atoms with van der Waals surface area (Å²) in [6, 6.07) is 16.7. The number of carbonyl (C=O) groups is 1. The van der Waals surface area contributed by atoms with Crippen molar-refractivity contribution < 1.29 is 15.0 Å². The molecule has 1 atom stereocenters. The normalized spacial score (nSPS) is 11.1. The molecule has 1 unspecified atom stereocenters. The number of carboxylic acid groups (broad SMARTS) is 1. The summed E-state index contributed by atoms with van der Waals surface area (Å²) in [6.07, 6.45) is -2.05. The number of hydrogen-bond acceptors (Lipinski definition) is 2. The molecule has 0 fully saturated rings. The number of nitrogens with one attached hydrogen (secondary N) is 1. The monoisotopic (exact) mass is 281 g/mol. The van der Waals surface area contributed by atoms with Gasteiger partial charge in [0.25, 0.3) is 0 Å². The van der Waals surface area contributed by atoms with E-state index in [1.54, 1.807) is 18.2 Å². The van der Waals surface area contributed by atoms with Crippen LogP contribution >= 0.6 is 0 Å². The summed E-state index contributed by atoms with van der Waals surface area (Å²) in [5.41, 5.74) is 2.31. The van der Waals surface area contributed by atoms with Gasteiger partial charge in [-0.3, -0.25) is 0 Å². The maximum Gasteiger partial charge on any atom is 0.404 e. The fourth-order valence-electron chi connectivity index (χ4n) is 1.79. The van der Waals surface area contributed by atoms with E-state index in [4.69, 9.17) is 5.11 Å². The van der Waals surface area contributed by atoms with Crippen molar-refractivity contribution >= 4 is 6.09 Å². The average molecular weight is 281 g/mol. The molecule has 0 aliphatic heterocycles. The van der Waals surface area contributed by atoms with Crippen molar-refractivity contribution in [3.8, 4) is 11.8 Å². The van der Waals surface area contributed by atoms with E-state index in [9.17, 15) is 9.90 Å². The first-order valence-corrected chi connectivity index (χ1v) is 6.47. The number of aliphatic hydroxyl groups is 1.